The van der Waals surface area contributed by atoms with E-state index < -0.39 is 0 Å². The van der Waals surface area contributed by atoms with Crippen molar-refractivity contribution in [3.05, 3.63) is 65.5 Å². The third-order valence-electron chi connectivity index (χ3n) is 3.00. The number of nitriles is 1. The van der Waals surface area contributed by atoms with Gasteiger partial charge >= 0.3 is 0 Å². The van der Waals surface area contributed by atoms with Crippen molar-refractivity contribution in [2.45, 2.75) is 0 Å². The van der Waals surface area contributed by atoms with Crippen LogP contribution in [-0.4, -0.2) is 14.1 Å². The Morgan fingerprint density at radius 2 is 1.75 bits per heavy atom. The highest BCUT2D eigenvalue weighted by atomic mass is 19.1. The van der Waals surface area contributed by atoms with Crippen LogP contribution in [0.5, 0.6) is 0 Å². The number of rotatable bonds is 3. The minimum absolute atomic E-state index is 0.320. The van der Waals surface area contributed by atoms with Crippen molar-refractivity contribution in [3.63, 3.8) is 0 Å². The molecule has 0 bridgehead atoms. The lowest BCUT2D eigenvalue weighted by atomic mass is 10.0. The third kappa shape index (κ3) is 3.04. The Morgan fingerprint density at radius 3 is 2.30 bits per heavy atom. The summed E-state index contributed by atoms with van der Waals surface area (Å²) in [5.74, 6) is -0.384. The second-order valence-corrected chi connectivity index (χ2v) is 4.64. The topological polar surface area (TPSA) is 27.0 Å². The molecule has 0 unspecified atom stereocenters. The lowest BCUT2D eigenvalue weighted by Gasteiger charge is -2.12. The zero-order chi connectivity index (χ0) is 14.5. The van der Waals surface area contributed by atoms with Crippen LogP contribution >= 0.6 is 0 Å². The average molecular weight is 266 g/mol. The fourth-order valence-electron chi connectivity index (χ4n) is 1.89. The van der Waals surface area contributed by atoms with Gasteiger partial charge in [0.05, 0.1) is 11.6 Å². The van der Waals surface area contributed by atoms with Crippen LogP contribution in [0.2, 0.25) is 0 Å². The van der Waals surface area contributed by atoms with Crippen molar-refractivity contribution in [3.8, 4) is 6.07 Å². The molecule has 0 radical (unpaired) electrons. The molecule has 2 aromatic carbocycles. The van der Waals surface area contributed by atoms with Crippen molar-refractivity contribution in [1.29, 1.82) is 5.26 Å². The summed E-state index contributed by atoms with van der Waals surface area (Å²) >= 11 is 0. The summed E-state index contributed by atoms with van der Waals surface area (Å²) in [7, 11) is 3.93. The molecule has 0 spiro atoms. The van der Waals surface area contributed by atoms with E-state index in [1.807, 2.05) is 43.3 Å². The predicted octanol–water partition coefficient (Wildman–Crippen LogP) is 3.96. The minimum atomic E-state index is -0.384. The molecule has 0 atom stereocenters. The zero-order valence-electron chi connectivity index (χ0n) is 11.5. The highest BCUT2D eigenvalue weighted by Gasteiger charge is 2.06. The van der Waals surface area contributed by atoms with Crippen LogP contribution in [0.25, 0.3) is 11.6 Å². The van der Waals surface area contributed by atoms with Gasteiger partial charge in [-0.25, -0.2) is 4.39 Å². The molecular formula is C17H15FN2. The molecule has 0 heterocycles. The second-order valence-electron chi connectivity index (χ2n) is 4.64. The lowest BCUT2D eigenvalue weighted by Crippen LogP contribution is -2.07. The van der Waals surface area contributed by atoms with Crippen LogP contribution in [0.15, 0.2) is 48.5 Å². The van der Waals surface area contributed by atoms with Gasteiger partial charge in [-0.2, -0.15) is 5.26 Å². The molecule has 100 valence electrons. The molecule has 0 aliphatic carbocycles. The molecule has 0 saturated carbocycles. The summed E-state index contributed by atoms with van der Waals surface area (Å²) in [5, 5.41) is 9.21. The van der Waals surface area contributed by atoms with Crippen molar-refractivity contribution in [2.24, 2.45) is 0 Å². The van der Waals surface area contributed by atoms with Gasteiger partial charge in [0.15, 0.2) is 0 Å². The van der Waals surface area contributed by atoms with E-state index in [2.05, 4.69) is 6.07 Å². The molecule has 0 saturated heterocycles. The van der Waals surface area contributed by atoms with Crippen molar-refractivity contribution < 1.29 is 4.39 Å². The normalized spacial score (nSPS) is 11.0. The minimum Gasteiger partial charge on any atom is -0.378 e. The highest BCUT2D eigenvalue weighted by molar-refractivity contribution is 5.89. The first-order valence-electron chi connectivity index (χ1n) is 6.26. The summed E-state index contributed by atoms with van der Waals surface area (Å²) in [6.45, 7) is 0. The van der Waals surface area contributed by atoms with Crippen LogP contribution in [0, 0.1) is 17.1 Å². The maximum atomic E-state index is 13.7. The van der Waals surface area contributed by atoms with E-state index >= 15 is 0 Å². The summed E-state index contributed by atoms with van der Waals surface area (Å²) < 4.78 is 13.7. The monoisotopic (exact) mass is 266 g/mol. The number of allylic oxidation sites excluding steroid dienone is 1. The van der Waals surface area contributed by atoms with E-state index in [9.17, 15) is 9.65 Å². The number of hydrogen-bond acceptors (Lipinski definition) is 2. The van der Waals surface area contributed by atoms with Crippen molar-refractivity contribution in [2.75, 3.05) is 19.0 Å². The molecule has 0 aliphatic rings. The van der Waals surface area contributed by atoms with Gasteiger partial charge in [-0.05, 0) is 29.8 Å². The zero-order valence-corrected chi connectivity index (χ0v) is 11.5. The molecule has 0 amide bonds. The van der Waals surface area contributed by atoms with Gasteiger partial charge in [-0.15, -0.1) is 0 Å². The van der Waals surface area contributed by atoms with E-state index in [1.165, 1.54) is 6.07 Å². The van der Waals surface area contributed by atoms with Gasteiger partial charge in [-0.3, -0.25) is 0 Å². The number of benzene rings is 2. The molecule has 0 N–H and O–H groups in total. The smallest absolute Gasteiger partial charge is 0.131 e. The van der Waals surface area contributed by atoms with Crippen LogP contribution in [0.1, 0.15) is 11.1 Å². The maximum Gasteiger partial charge on any atom is 0.131 e. The Labute approximate surface area is 118 Å². The van der Waals surface area contributed by atoms with Gasteiger partial charge in [-0.1, -0.05) is 30.3 Å². The number of halogens is 1. The highest BCUT2D eigenvalue weighted by Crippen LogP contribution is 2.21. The standard InChI is InChI=1S/C17H15FN2/c1-20(2)15-9-7-13(8-10-15)11-14(12-19)16-5-3-4-6-17(16)18/h3-11H,1-2H3. The van der Waals surface area contributed by atoms with Gasteiger partial charge < -0.3 is 4.90 Å². The Kier molecular flexibility index (Phi) is 4.17. The lowest BCUT2D eigenvalue weighted by molar-refractivity contribution is 0.624. The van der Waals surface area contributed by atoms with Gasteiger partial charge in [0.25, 0.3) is 0 Å². The fraction of sp³-hybridized carbons (Fsp3) is 0.118. The van der Waals surface area contributed by atoms with Gasteiger partial charge in [0.1, 0.15) is 5.82 Å². The Bertz CT molecular complexity index is 664. The second kappa shape index (κ2) is 6.03. The fourth-order valence-corrected chi connectivity index (χ4v) is 1.89. The average Bonchev–Trinajstić information content (AvgIpc) is 2.46. The van der Waals surface area contributed by atoms with Crippen LogP contribution in [0.4, 0.5) is 10.1 Å². The van der Waals surface area contributed by atoms with Crippen LogP contribution in [-0.2, 0) is 0 Å². The molecule has 0 fully saturated rings. The summed E-state index contributed by atoms with van der Waals surface area (Å²) in [6, 6.07) is 16.1. The SMILES string of the molecule is CN(C)c1ccc(C=C(C#N)c2ccccc2F)cc1. The molecular weight excluding hydrogens is 251 g/mol. The Hall–Kier alpha value is -2.60. The third-order valence-corrected chi connectivity index (χ3v) is 3.00. The first-order valence-corrected chi connectivity index (χ1v) is 6.26. The summed E-state index contributed by atoms with van der Waals surface area (Å²) in [6.07, 6.45) is 1.69. The Balaban J connectivity index is 2.37. The first-order chi connectivity index (χ1) is 9.61. The molecule has 20 heavy (non-hydrogen) atoms. The van der Waals surface area contributed by atoms with Crippen molar-refractivity contribution >= 4 is 17.3 Å². The molecule has 2 nitrogen and oxygen atoms in total. The molecule has 0 aliphatic heterocycles. The molecule has 0 aromatic heterocycles. The van der Waals surface area contributed by atoms with Crippen LogP contribution in [0.3, 0.4) is 0 Å². The van der Waals surface area contributed by atoms with E-state index in [1.54, 1.807) is 24.3 Å². The molecule has 2 rings (SSSR count). The van der Waals surface area contributed by atoms with E-state index in [0.29, 0.717) is 11.1 Å². The Morgan fingerprint density at radius 1 is 1.10 bits per heavy atom. The number of nitrogens with zero attached hydrogens (tertiary/aromatic N) is 2. The van der Waals surface area contributed by atoms with E-state index in [4.69, 9.17) is 0 Å². The molecule has 3 heteroatoms. The number of anilines is 1. The van der Waals surface area contributed by atoms with Gasteiger partial charge in [0.2, 0.25) is 0 Å². The van der Waals surface area contributed by atoms with Crippen molar-refractivity contribution in [1.82, 2.24) is 0 Å². The van der Waals surface area contributed by atoms with E-state index in [-0.39, 0.29) is 5.82 Å². The summed E-state index contributed by atoms with van der Waals surface area (Å²) in [5.41, 5.74) is 2.59. The van der Waals surface area contributed by atoms with Gasteiger partial charge in [0, 0.05) is 25.3 Å². The largest absolute Gasteiger partial charge is 0.378 e. The van der Waals surface area contributed by atoms with E-state index in [0.717, 1.165) is 11.3 Å². The first kappa shape index (κ1) is 13.8. The van der Waals surface area contributed by atoms with Crippen LogP contribution < -0.4 is 4.90 Å². The molecule has 2 aromatic rings. The predicted molar refractivity (Wildman–Crippen MR) is 80.7 cm³/mol. The number of hydrogen-bond donors (Lipinski definition) is 0. The maximum absolute atomic E-state index is 13.7. The quantitative estimate of drug-likeness (QED) is 0.621. The summed E-state index contributed by atoms with van der Waals surface area (Å²) in [4.78, 5) is 2.00.